The van der Waals surface area contributed by atoms with Gasteiger partial charge in [-0.2, -0.15) is 0 Å². The molecule has 0 bridgehead atoms. The molecule has 1 N–H and O–H groups in total. The third-order valence-electron chi connectivity index (χ3n) is 3.68. The molecule has 0 amide bonds. The largest absolute Gasteiger partial charge is 0.389 e. The Morgan fingerprint density at radius 3 is 2.53 bits per heavy atom. The zero-order valence-corrected chi connectivity index (χ0v) is 12.1. The van der Waals surface area contributed by atoms with Gasteiger partial charge in [-0.05, 0) is 50.3 Å². The van der Waals surface area contributed by atoms with Crippen LogP contribution in [0, 0.1) is 11.7 Å². The van der Waals surface area contributed by atoms with E-state index in [0.717, 1.165) is 18.7 Å². The molecule has 1 fully saturated rings. The van der Waals surface area contributed by atoms with Crippen molar-refractivity contribution in [3.05, 3.63) is 29.6 Å². The molecule has 0 saturated heterocycles. The summed E-state index contributed by atoms with van der Waals surface area (Å²) >= 11 is 0. The predicted octanol–water partition coefficient (Wildman–Crippen LogP) is 3.89. The fourth-order valence-electron chi connectivity index (χ4n) is 2.40. The Kier molecular flexibility index (Phi) is 4.46. The summed E-state index contributed by atoms with van der Waals surface area (Å²) < 4.78 is 13.4. The van der Waals surface area contributed by atoms with Gasteiger partial charge in [0.1, 0.15) is 5.82 Å². The van der Waals surface area contributed by atoms with Crippen LogP contribution in [0.1, 0.15) is 51.7 Å². The Bertz CT molecular complexity index is 427. The predicted molar refractivity (Wildman–Crippen MR) is 76.9 cm³/mol. The van der Waals surface area contributed by atoms with Crippen molar-refractivity contribution in [1.82, 2.24) is 0 Å². The first-order valence-corrected chi connectivity index (χ1v) is 7.23. The maximum absolute atomic E-state index is 13.4. The van der Waals surface area contributed by atoms with Gasteiger partial charge in [0, 0.05) is 23.8 Å². The molecule has 0 spiro atoms. The molecule has 0 aliphatic heterocycles. The smallest absolute Gasteiger partial charge is 0.123 e. The summed E-state index contributed by atoms with van der Waals surface area (Å²) in [4.78, 5) is 2.35. The molecule has 0 aromatic heterocycles. The normalized spacial score (nSPS) is 16.7. The van der Waals surface area contributed by atoms with Crippen molar-refractivity contribution in [2.24, 2.45) is 5.92 Å². The fraction of sp³-hybridized carbons (Fsp3) is 0.625. The van der Waals surface area contributed by atoms with E-state index in [1.807, 2.05) is 6.07 Å². The van der Waals surface area contributed by atoms with E-state index < -0.39 is 6.10 Å². The van der Waals surface area contributed by atoms with Crippen LogP contribution < -0.4 is 4.90 Å². The summed E-state index contributed by atoms with van der Waals surface area (Å²) in [5.41, 5.74) is 1.70. The van der Waals surface area contributed by atoms with Crippen molar-refractivity contribution in [2.45, 2.75) is 52.2 Å². The average molecular weight is 265 g/mol. The highest BCUT2D eigenvalue weighted by atomic mass is 19.1. The molecule has 1 aromatic carbocycles. The molecule has 19 heavy (non-hydrogen) atoms. The van der Waals surface area contributed by atoms with Gasteiger partial charge in [0.05, 0.1) is 6.10 Å². The van der Waals surface area contributed by atoms with Gasteiger partial charge in [0.25, 0.3) is 0 Å². The maximum atomic E-state index is 13.4. The molecule has 1 aromatic rings. The number of aliphatic hydroxyl groups excluding tert-OH is 1. The minimum atomic E-state index is -0.633. The summed E-state index contributed by atoms with van der Waals surface area (Å²) in [6.45, 7) is 7.11. The fourth-order valence-corrected chi connectivity index (χ4v) is 2.40. The quantitative estimate of drug-likeness (QED) is 0.843. The van der Waals surface area contributed by atoms with Crippen LogP contribution in [0.3, 0.4) is 0 Å². The SMILES string of the molecule is CC(C)CCN(c1ccc(F)cc1[C@H](C)O)C1CC1. The third kappa shape index (κ3) is 3.69. The molecule has 0 unspecified atom stereocenters. The van der Waals surface area contributed by atoms with Crippen LogP contribution in [0.2, 0.25) is 0 Å². The van der Waals surface area contributed by atoms with Crippen molar-refractivity contribution in [3.8, 4) is 0 Å². The molecule has 0 radical (unpaired) electrons. The molecule has 1 saturated carbocycles. The van der Waals surface area contributed by atoms with E-state index in [1.165, 1.54) is 25.0 Å². The van der Waals surface area contributed by atoms with Crippen molar-refractivity contribution >= 4 is 5.69 Å². The molecule has 1 aliphatic carbocycles. The van der Waals surface area contributed by atoms with E-state index in [9.17, 15) is 9.50 Å². The summed E-state index contributed by atoms with van der Waals surface area (Å²) in [5.74, 6) is 0.371. The lowest BCUT2D eigenvalue weighted by Crippen LogP contribution is -2.29. The highest BCUT2D eigenvalue weighted by molar-refractivity contribution is 5.56. The van der Waals surface area contributed by atoms with Gasteiger partial charge in [0.15, 0.2) is 0 Å². The maximum Gasteiger partial charge on any atom is 0.123 e. The first-order chi connectivity index (χ1) is 8.99. The second-order valence-electron chi connectivity index (χ2n) is 5.99. The molecular weight excluding hydrogens is 241 g/mol. The lowest BCUT2D eigenvalue weighted by atomic mass is 10.1. The van der Waals surface area contributed by atoms with Crippen LogP contribution in [0.4, 0.5) is 10.1 Å². The molecule has 2 nitrogen and oxygen atoms in total. The van der Waals surface area contributed by atoms with E-state index in [4.69, 9.17) is 0 Å². The number of anilines is 1. The second kappa shape index (κ2) is 5.91. The lowest BCUT2D eigenvalue weighted by Gasteiger charge is -2.28. The van der Waals surface area contributed by atoms with Crippen molar-refractivity contribution in [2.75, 3.05) is 11.4 Å². The number of hydrogen-bond donors (Lipinski definition) is 1. The van der Waals surface area contributed by atoms with E-state index in [2.05, 4.69) is 18.7 Å². The van der Waals surface area contributed by atoms with Gasteiger partial charge < -0.3 is 10.0 Å². The van der Waals surface area contributed by atoms with E-state index in [1.54, 1.807) is 6.92 Å². The Morgan fingerprint density at radius 2 is 2.00 bits per heavy atom. The van der Waals surface area contributed by atoms with Gasteiger partial charge in [0.2, 0.25) is 0 Å². The van der Waals surface area contributed by atoms with Crippen LogP contribution in [-0.4, -0.2) is 17.7 Å². The average Bonchev–Trinajstić information content (AvgIpc) is 3.14. The van der Waals surface area contributed by atoms with Crippen molar-refractivity contribution in [1.29, 1.82) is 0 Å². The van der Waals surface area contributed by atoms with E-state index >= 15 is 0 Å². The highest BCUT2D eigenvalue weighted by Gasteiger charge is 2.30. The molecule has 3 heteroatoms. The molecule has 1 atom stereocenters. The van der Waals surface area contributed by atoms with Gasteiger partial charge in [-0.3, -0.25) is 0 Å². The topological polar surface area (TPSA) is 23.5 Å². The lowest BCUT2D eigenvalue weighted by molar-refractivity contribution is 0.199. The van der Waals surface area contributed by atoms with Gasteiger partial charge in [-0.25, -0.2) is 4.39 Å². The van der Waals surface area contributed by atoms with Crippen molar-refractivity contribution < 1.29 is 9.50 Å². The summed E-state index contributed by atoms with van der Waals surface area (Å²) in [7, 11) is 0. The number of nitrogens with zero attached hydrogens (tertiary/aromatic N) is 1. The zero-order chi connectivity index (χ0) is 14.0. The number of hydrogen-bond acceptors (Lipinski definition) is 2. The number of rotatable bonds is 6. The zero-order valence-electron chi connectivity index (χ0n) is 12.1. The van der Waals surface area contributed by atoms with Gasteiger partial charge >= 0.3 is 0 Å². The third-order valence-corrected chi connectivity index (χ3v) is 3.68. The summed E-state index contributed by atoms with van der Waals surface area (Å²) in [5, 5.41) is 9.86. The van der Waals surface area contributed by atoms with Gasteiger partial charge in [-0.15, -0.1) is 0 Å². The monoisotopic (exact) mass is 265 g/mol. The molecule has 2 rings (SSSR count). The Labute approximate surface area is 115 Å². The summed E-state index contributed by atoms with van der Waals surface area (Å²) in [6.07, 6.45) is 2.89. The Morgan fingerprint density at radius 1 is 1.32 bits per heavy atom. The number of aliphatic hydroxyl groups is 1. The van der Waals surface area contributed by atoms with Crippen LogP contribution >= 0.6 is 0 Å². The molecular formula is C16H24FNO. The van der Waals surface area contributed by atoms with E-state index in [0.29, 0.717) is 17.5 Å². The Hall–Kier alpha value is -1.09. The number of benzene rings is 1. The minimum absolute atomic E-state index is 0.278. The second-order valence-corrected chi connectivity index (χ2v) is 5.99. The Balaban J connectivity index is 2.25. The van der Waals surface area contributed by atoms with Crippen LogP contribution in [0.5, 0.6) is 0 Å². The van der Waals surface area contributed by atoms with Crippen LogP contribution in [0.25, 0.3) is 0 Å². The van der Waals surface area contributed by atoms with Crippen molar-refractivity contribution in [3.63, 3.8) is 0 Å². The first-order valence-electron chi connectivity index (χ1n) is 7.23. The number of halogens is 1. The minimum Gasteiger partial charge on any atom is -0.389 e. The molecule has 1 aliphatic rings. The van der Waals surface area contributed by atoms with Crippen LogP contribution in [0.15, 0.2) is 18.2 Å². The van der Waals surface area contributed by atoms with Crippen LogP contribution in [-0.2, 0) is 0 Å². The standard InChI is InChI=1S/C16H24FNO/c1-11(2)8-9-18(14-5-6-14)16-7-4-13(17)10-15(16)12(3)19/h4,7,10-12,14,19H,5-6,8-9H2,1-3H3/t12-/m0/s1. The molecule has 106 valence electrons. The molecule has 0 heterocycles. The van der Waals surface area contributed by atoms with E-state index in [-0.39, 0.29) is 5.82 Å². The first kappa shape index (κ1) is 14.3. The highest BCUT2D eigenvalue weighted by Crippen LogP contribution is 2.36. The summed E-state index contributed by atoms with van der Waals surface area (Å²) in [6, 6.07) is 5.34. The van der Waals surface area contributed by atoms with Gasteiger partial charge in [-0.1, -0.05) is 13.8 Å².